The quantitative estimate of drug-likeness (QED) is 0.415. The van der Waals surface area contributed by atoms with E-state index in [1.165, 1.54) is 10.3 Å². The Morgan fingerprint density at radius 3 is 2.72 bits per heavy atom. The van der Waals surface area contributed by atoms with Gasteiger partial charge in [-0.1, -0.05) is 0 Å². The number of benzene rings is 2. The molecule has 0 aliphatic rings. The molecule has 5 heteroatoms. The molecule has 0 aliphatic carbocycles. The molecule has 88 valence electrons. The van der Waals surface area contributed by atoms with Crippen LogP contribution in [0.15, 0.2) is 48.5 Å². The zero-order chi connectivity index (χ0) is 12.5. The predicted octanol–water partition coefficient (Wildman–Crippen LogP) is 2.87. The molecule has 0 unspecified atom stereocenters. The molecule has 18 heavy (non-hydrogen) atoms. The van der Waals surface area contributed by atoms with Crippen LogP contribution < -0.4 is 0 Å². The summed E-state index contributed by atoms with van der Waals surface area (Å²) < 4.78 is 2.18. The minimum absolute atomic E-state index is 0.113. The summed E-state index contributed by atoms with van der Waals surface area (Å²) in [6.07, 6.45) is 0. The molecule has 1 heterocycles. The number of para-hydroxylation sites is 1. The third kappa shape index (κ3) is 1.94. The fourth-order valence-electron chi connectivity index (χ4n) is 1.75. The molecular formula is C13H8N2O2Se. The summed E-state index contributed by atoms with van der Waals surface area (Å²) in [6.45, 7) is 0. The molecular weight excluding hydrogens is 295 g/mol. The van der Waals surface area contributed by atoms with Crippen LogP contribution in [0.25, 0.3) is 19.9 Å². The monoisotopic (exact) mass is 304 g/mol. The summed E-state index contributed by atoms with van der Waals surface area (Å²) in [5.74, 6) is 0. The Hall–Kier alpha value is -1.97. The molecule has 3 aromatic rings. The molecule has 0 saturated carbocycles. The van der Waals surface area contributed by atoms with Gasteiger partial charge in [-0.2, -0.15) is 0 Å². The Kier molecular flexibility index (Phi) is 2.70. The topological polar surface area (TPSA) is 56.0 Å². The van der Waals surface area contributed by atoms with Crippen molar-refractivity contribution in [1.82, 2.24) is 4.98 Å². The summed E-state index contributed by atoms with van der Waals surface area (Å²) in [5, 5.41) is 10.8. The van der Waals surface area contributed by atoms with E-state index in [4.69, 9.17) is 0 Å². The van der Waals surface area contributed by atoms with Gasteiger partial charge in [0.1, 0.15) is 0 Å². The zero-order valence-electron chi connectivity index (χ0n) is 9.24. The Labute approximate surface area is 109 Å². The number of rotatable bonds is 2. The van der Waals surface area contributed by atoms with Crippen molar-refractivity contribution in [3.05, 3.63) is 58.6 Å². The van der Waals surface area contributed by atoms with E-state index in [0.717, 1.165) is 15.6 Å². The van der Waals surface area contributed by atoms with Gasteiger partial charge in [-0.15, -0.1) is 0 Å². The second-order valence-corrected chi connectivity index (χ2v) is 5.96. The second kappa shape index (κ2) is 4.37. The van der Waals surface area contributed by atoms with Gasteiger partial charge in [0.15, 0.2) is 0 Å². The van der Waals surface area contributed by atoms with Crippen LogP contribution in [0, 0.1) is 10.1 Å². The first-order valence-corrected chi connectivity index (χ1v) is 7.06. The van der Waals surface area contributed by atoms with Crippen LogP contribution in [-0.4, -0.2) is 24.4 Å². The van der Waals surface area contributed by atoms with E-state index in [1.54, 1.807) is 12.1 Å². The standard InChI is InChI=1S/C13H8N2O2Se/c16-15(17)10-5-3-4-9(8-10)13-14-11-6-1-2-7-12(11)18-13/h1-8H. The van der Waals surface area contributed by atoms with Crippen LogP contribution >= 0.6 is 0 Å². The Morgan fingerprint density at radius 2 is 1.94 bits per heavy atom. The summed E-state index contributed by atoms with van der Waals surface area (Å²) in [5.41, 5.74) is 1.95. The molecule has 0 aliphatic heterocycles. The average Bonchev–Trinajstić information content (AvgIpc) is 2.82. The first kappa shape index (κ1) is 11.1. The number of hydrogen-bond acceptors (Lipinski definition) is 3. The Balaban J connectivity index is 2.13. The van der Waals surface area contributed by atoms with Crippen molar-refractivity contribution in [3.63, 3.8) is 0 Å². The number of nitro benzene ring substituents is 1. The fraction of sp³-hybridized carbons (Fsp3) is 0. The van der Waals surface area contributed by atoms with Gasteiger partial charge in [0.2, 0.25) is 0 Å². The molecule has 0 spiro atoms. The fourth-order valence-corrected chi connectivity index (χ4v) is 3.77. The van der Waals surface area contributed by atoms with E-state index in [0.29, 0.717) is 0 Å². The van der Waals surface area contributed by atoms with Crippen LogP contribution in [0.4, 0.5) is 5.69 Å². The minimum atomic E-state index is -0.376. The molecule has 0 atom stereocenters. The number of non-ortho nitro benzene ring substituents is 1. The third-order valence-electron chi connectivity index (χ3n) is 2.60. The summed E-state index contributed by atoms with van der Waals surface area (Å²) >= 11 is 0.131. The number of nitro groups is 1. The van der Waals surface area contributed by atoms with Gasteiger partial charge in [-0.3, -0.25) is 0 Å². The van der Waals surface area contributed by atoms with Crippen LogP contribution in [0.1, 0.15) is 0 Å². The van der Waals surface area contributed by atoms with E-state index in [9.17, 15) is 10.1 Å². The molecule has 0 N–H and O–H groups in total. The van der Waals surface area contributed by atoms with Crippen molar-refractivity contribution in [2.45, 2.75) is 0 Å². The molecule has 0 amide bonds. The molecule has 1 aromatic heterocycles. The number of aromatic nitrogens is 1. The molecule has 0 fully saturated rings. The van der Waals surface area contributed by atoms with Crippen LogP contribution in [0.5, 0.6) is 0 Å². The van der Waals surface area contributed by atoms with Gasteiger partial charge in [-0.05, 0) is 0 Å². The van der Waals surface area contributed by atoms with Crippen LogP contribution in [0.2, 0.25) is 0 Å². The zero-order valence-corrected chi connectivity index (χ0v) is 11.0. The van der Waals surface area contributed by atoms with E-state index < -0.39 is 0 Å². The van der Waals surface area contributed by atoms with Gasteiger partial charge in [0, 0.05) is 0 Å². The van der Waals surface area contributed by atoms with E-state index in [1.807, 2.05) is 24.3 Å². The molecule has 3 rings (SSSR count). The van der Waals surface area contributed by atoms with E-state index in [2.05, 4.69) is 11.1 Å². The predicted molar refractivity (Wildman–Crippen MR) is 70.8 cm³/mol. The van der Waals surface area contributed by atoms with Crippen LogP contribution in [0.3, 0.4) is 0 Å². The maximum atomic E-state index is 10.8. The summed E-state index contributed by atoms with van der Waals surface area (Å²) in [6, 6.07) is 14.6. The van der Waals surface area contributed by atoms with Gasteiger partial charge in [-0.25, -0.2) is 0 Å². The Morgan fingerprint density at radius 1 is 1.11 bits per heavy atom. The first-order valence-electron chi connectivity index (χ1n) is 5.34. The number of nitrogens with zero attached hydrogens (tertiary/aromatic N) is 2. The van der Waals surface area contributed by atoms with Gasteiger partial charge < -0.3 is 0 Å². The van der Waals surface area contributed by atoms with Gasteiger partial charge in [0.25, 0.3) is 0 Å². The Bertz CT molecular complexity index is 703. The van der Waals surface area contributed by atoms with Crippen molar-refractivity contribution in [3.8, 4) is 10.1 Å². The van der Waals surface area contributed by atoms with Crippen molar-refractivity contribution >= 4 is 30.0 Å². The molecule has 0 saturated heterocycles. The first-order chi connectivity index (χ1) is 8.74. The van der Waals surface area contributed by atoms with Crippen molar-refractivity contribution in [1.29, 1.82) is 0 Å². The van der Waals surface area contributed by atoms with Crippen LogP contribution in [-0.2, 0) is 0 Å². The molecule has 0 bridgehead atoms. The van der Waals surface area contributed by atoms with Crippen molar-refractivity contribution in [2.75, 3.05) is 0 Å². The summed E-state index contributed by atoms with van der Waals surface area (Å²) in [7, 11) is 0. The number of hydrogen-bond donors (Lipinski definition) is 0. The summed E-state index contributed by atoms with van der Waals surface area (Å²) in [4.78, 5) is 14.9. The van der Waals surface area contributed by atoms with Gasteiger partial charge in [0.05, 0.1) is 0 Å². The molecule has 0 radical (unpaired) electrons. The molecule has 2 aromatic carbocycles. The van der Waals surface area contributed by atoms with Crippen molar-refractivity contribution in [2.24, 2.45) is 0 Å². The maximum absolute atomic E-state index is 10.8. The van der Waals surface area contributed by atoms with Crippen molar-refractivity contribution < 1.29 is 4.92 Å². The average molecular weight is 303 g/mol. The van der Waals surface area contributed by atoms with E-state index >= 15 is 0 Å². The SMILES string of the molecule is O=[N+]([O-])c1cccc(-c2nc3ccccc3[se]2)c1. The van der Waals surface area contributed by atoms with E-state index in [-0.39, 0.29) is 25.1 Å². The second-order valence-electron chi connectivity index (χ2n) is 3.79. The third-order valence-corrected chi connectivity index (χ3v) is 4.88. The normalized spacial score (nSPS) is 10.7. The van der Waals surface area contributed by atoms with Gasteiger partial charge >= 0.3 is 109 Å². The molecule has 4 nitrogen and oxygen atoms in total. The number of fused-ring (bicyclic) bond motifs is 1.